The molecule has 0 saturated carbocycles. The minimum absolute atomic E-state index is 0.166. The Balaban J connectivity index is 2.63. The molecule has 7 heteroatoms. The molecule has 0 saturated heterocycles. The summed E-state index contributed by atoms with van der Waals surface area (Å²) in [6, 6.07) is 15.1. The molecule has 0 aliphatic rings. The molecule has 0 aliphatic heterocycles. The number of pyridine rings is 1. The Labute approximate surface area is 154 Å². The summed E-state index contributed by atoms with van der Waals surface area (Å²) < 4.78 is 1.24. The molecule has 1 heterocycles. The van der Waals surface area contributed by atoms with E-state index in [-0.39, 0.29) is 16.9 Å². The van der Waals surface area contributed by atoms with Gasteiger partial charge in [0, 0.05) is 11.1 Å². The van der Waals surface area contributed by atoms with Crippen LogP contribution in [-0.4, -0.2) is 20.4 Å². The van der Waals surface area contributed by atoms with E-state index in [0.29, 0.717) is 16.6 Å². The molecule has 0 unspecified atom stereocenters. The average molecular weight is 364 g/mol. The number of ketones is 1. The predicted octanol–water partition coefficient (Wildman–Crippen LogP) is 3.78. The van der Waals surface area contributed by atoms with Crippen molar-refractivity contribution in [1.82, 2.24) is 4.57 Å². The Morgan fingerprint density at radius 1 is 1.04 bits per heavy atom. The third-order valence-corrected chi connectivity index (χ3v) is 4.22. The lowest BCUT2D eigenvalue weighted by atomic mass is 9.95. The van der Waals surface area contributed by atoms with Crippen molar-refractivity contribution in [2.45, 2.75) is 13.8 Å². The fourth-order valence-corrected chi connectivity index (χ4v) is 3.20. The fraction of sp³-hybridized carbons (Fsp3) is 0.100. The van der Waals surface area contributed by atoms with Gasteiger partial charge in [-0.25, -0.2) is 0 Å². The van der Waals surface area contributed by atoms with Gasteiger partial charge < -0.3 is 5.11 Å². The van der Waals surface area contributed by atoms with E-state index in [2.05, 4.69) is 0 Å². The van der Waals surface area contributed by atoms with Crippen molar-refractivity contribution in [1.29, 1.82) is 0 Å². The summed E-state index contributed by atoms with van der Waals surface area (Å²) in [5.74, 6) is -0.951. The highest BCUT2D eigenvalue weighted by molar-refractivity contribution is 6.24. The average Bonchev–Trinajstić information content (AvgIpc) is 2.61. The van der Waals surface area contributed by atoms with Crippen molar-refractivity contribution in [3.63, 3.8) is 0 Å². The van der Waals surface area contributed by atoms with Gasteiger partial charge >= 0.3 is 11.2 Å². The molecule has 0 fully saturated rings. The summed E-state index contributed by atoms with van der Waals surface area (Å²) in [7, 11) is 0. The number of fused-ring (bicyclic) bond motifs is 1. The zero-order valence-corrected chi connectivity index (χ0v) is 14.7. The summed E-state index contributed by atoms with van der Waals surface area (Å²) in [6.07, 6.45) is 0. The largest absolute Gasteiger partial charge is 0.512 e. The van der Waals surface area contributed by atoms with E-state index in [9.17, 15) is 24.8 Å². The molecule has 0 spiro atoms. The molecule has 2 aromatic carbocycles. The number of aliphatic hydroxyl groups excluding tert-OH is 1. The Kier molecular flexibility index (Phi) is 4.60. The molecular weight excluding hydrogens is 348 g/mol. The van der Waals surface area contributed by atoms with Crippen LogP contribution in [0.5, 0.6) is 0 Å². The lowest BCUT2D eigenvalue weighted by molar-refractivity contribution is -0.386. The van der Waals surface area contributed by atoms with E-state index in [0.717, 1.165) is 0 Å². The van der Waals surface area contributed by atoms with Crippen LogP contribution >= 0.6 is 0 Å². The Morgan fingerprint density at radius 3 is 2.19 bits per heavy atom. The predicted molar refractivity (Wildman–Crippen MR) is 102 cm³/mol. The second kappa shape index (κ2) is 6.87. The Morgan fingerprint density at radius 2 is 1.63 bits per heavy atom. The standard InChI is InChI=1S/C20H16N2O5/c1-12(23)17(13(2)24)18-15-10-6-7-11-16(15)21(14-8-4-3-5-9-14)20(25)19(18)22(26)27/h3-11,23H,1-2H3/b17-12+. The lowest BCUT2D eigenvalue weighted by Crippen LogP contribution is -2.24. The van der Waals surface area contributed by atoms with Crippen molar-refractivity contribution in [2.75, 3.05) is 0 Å². The van der Waals surface area contributed by atoms with Gasteiger partial charge in [-0.15, -0.1) is 0 Å². The van der Waals surface area contributed by atoms with Crippen LogP contribution in [0, 0.1) is 10.1 Å². The molecule has 27 heavy (non-hydrogen) atoms. The number of benzene rings is 2. The molecule has 0 aliphatic carbocycles. The van der Waals surface area contributed by atoms with E-state index in [1.807, 2.05) is 0 Å². The van der Waals surface area contributed by atoms with Crippen molar-refractivity contribution >= 4 is 27.9 Å². The molecule has 3 rings (SSSR count). The second-order valence-electron chi connectivity index (χ2n) is 5.99. The number of carbonyl (C=O) groups is 1. The third-order valence-electron chi connectivity index (χ3n) is 4.22. The van der Waals surface area contributed by atoms with Crippen LogP contribution in [0.3, 0.4) is 0 Å². The molecular formula is C20H16N2O5. The third kappa shape index (κ3) is 2.99. The summed E-state index contributed by atoms with van der Waals surface area (Å²) in [5.41, 5.74) is -1.18. The number of carbonyl (C=O) groups excluding carboxylic acids is 1. The van der Waals surface area contributed by atoms with Crippen molar-refractivity contribution in [3.8, 4) is 5.69 Å². The van der Waals surface area contributed by atoms with E-state index >= 15 is 0 Å². The van der Waals surface area contributed by atoms with E-state index in [1.54, 1.807) is 54.6 Å². The quantitative estimate of drug-likeness (QED) is 0.328. The first kappa shape index (κ1) is 18.1. The number of rotatable bonds is 4. The Bertz CT molecular complexity index is 1160. The summed E-state index contributed by atoms with van der Waals surface area (Å²) in [6.45, 7) is 2.45. The number of Topliss-reactive ketones (excluding diaryl/α,β-unsaturated/α-hetero) is 1. The molecule has 0 bridgehead atoms. The fourth-order valence-electron chi connectivity index (χ4n) is 3.20. The first-order chi connectivity index (χ1) is 12.8. The van der Waals surface area contributed by atoms with E-state index in [4.69, 9.17) is 0 Å². The number of hydrogen-bond donors (Lipinski definition) is 1. The highest BCUT2D eigenvalue weighted by atomic mass is 16.6. The minimum atomic E-state index is -0.875. The summed E-state index contributed by atoms with van der Waals surface area (Å²) in [5, 5.41) is 22.1. The van der Waals surface area contributed by atoms with Gasteiger partial charge in [0.2, 0.25) is 0 Å². The minimum Gasteiger partial charge on any atom is -0.512 e. The van der Waals surface area contributed by atoms with Gasteiger partial charge in [-0.3, -0.25) is 24.3 Å². The van der Waals surface area contributed by atoms with Crippen molar-refractivity contribution in [2.24, 2.45) is 0 Å². The molecule has 1 aromatic heterocycles. The van der Waals surface area contributed by atoms with Gasteiger partial charge in [0.15, 0.2) is 5.78 Å². The van der Waals surface area contributed by atoms with Crippen LogP contribution in [0.1, 0.15) is 19.4 Å². The van der Waals surface area contributed by atoms with Crippen LogP contribution in [0.4, 0.5) is 5.69 Å². The first-order valence-electron chi connectivity index (χ1n) is 8.13. The molecule has 136 valence electrons. The van der Waals surface area contributed by atoms with Gasteiger partial charge in [0.05, 0.1) is 21.6 Å². The van der Waals surface area contributed by atoms with Crippen LogP contribution in [0.15, 0.2) is 65.2 Å². The van der Waals surface area contributed by atoms with Crippen LogP contribution < -0.4 is 5.56 Å². The van der Waals surface area contributed by atoms with Crippen LogP contribution in [0.25, 0.3) is 22.2 Å². The monoisotopic (exact) mass is 364 g/mol. The Hall–Kier alpha value is -3.74. The lowest BCUT2D eigenvalue weighted by Gasteiger charge is -2.15. The number of allylic oxidation sites excluding steroid dienone is 2. The van der Waals surface area contributed by atoms with Crippen LogP contribution in [0.2, 0.25) is 0 Å². The highest BCUT2D eigenvalue weighted by Gasteiger charge is 2.31. The number of para-hydroxylation sites is 2. The topological polar surface area (TPSA) is 102 Å². The molecule has 0 atom stereocenters. The zero-order chi connectivity index (χ0) is 19.7. The zero-order valence-electron chi connectivity index (χ0n) is 14.7. The molecule has 1 N–H and O–H groups in total. The van der Waals surface area contributed by atoms with E-state index < -0.39 is 22.0 Å². The van der Waals surface area contributed by atoms with Gasteiger partial charge in [0.25, 0.3) is 0 Å². The smallest absolute Gasteiger partial charge is 0.343 e. The normalized spacial score (nSPS) is 11.9. The number of hydrogen-bond acceptors (Lipinski definition) is 5. The number of nitro groups is 1. The molecule has 3 aromatic rings. The maximum atomic E-state index is 13.1. The molecule has 0 amide bonds. The number of aromatic nitrogens is 1. The van der Waals surface area contributed by atoms with Gasteiger partial charge in [-0.2, -0.15) is 0 Å². The maximum absolute atomic E-state index is 13.1. The van der Waals surface area contributed by atoms with E-state index in [1.165, 1.54) is 18.4 Å². The SMILES string of the molecule is CC(=O)/C(=C(/C)O)c1c([N+](=O)[O-])c(=O)n(-c2ccccc2)c2ccccc12. The maximum Gasteiger partial charge on any atom is 0.343 e. The second-order valence-corrected chi connectivity index (χ2v) is 5.99. The van der Waals surface area contributed by atoms with Crippen molar-refractivity contribution in [3.05, 3.63) is 86.4 Å². The van der Waals surface area contributed by atoms with Crippen LogP contribution in [-0.2, 0) is 4.79 Å². The first-order valence-corrected chi connectivity index (χ1v) is 8.13. The number of aliphatic hydroxyl groups is 1. The highest BCUT2D eigenvalue weighted by Crippen LogP contribution is 2.33. The summed E-state index contributed by atoms with van der Waals surface area (Å²) in [4.78, 5) is 36.2. The van der Waals surface area contributed by atoms with Crippen molar-refractivity contribution < 1.29 is 14.8 Å². The van der Waals surface area contributed by atoms with Gasteiger partial charge in [-0.1, -0.05) is 36.4 Å². The van der Waals surface area contributed by atoms with Gasteiger partial charge in [-0.05, 0) is 32.0 Å². The molecule has 0 radical (unpaired) electrons. The number of nitrogens with zero attached hydrogens (tertiary/aromatic N) is 2. The summed E-state index contributed by atoms with van der Waals surface area (Å²) >= 11 is 0. The van der Waals surface area contributed by atoms with Gasteiger partial charge in [0.1, 0.15) is 5.76 Å². The molecule has 7 nitrogen and oxygen atoms in total.